The Balaban J connectivity index is 2.53. The van der Waals surface area contributed by atoms with Gasteiger partial charge in [-0.2, -0.15) is 0 Å². The number of carboxylic acids is 1. The Hall–Kier alpha value is -1.85. The molecule has 0 radical (unpaired) electrons. The van der Waals surface area contributed by atoms with Gasteiger partial charge in [-0.3, -0.25) is 19.2 Å². The lowest BCUT2D eigenvalue weighted by atomic mass is 9.97. The Kier molecular flexibility index (Phi) is 25.6. The van der Waals surface area contributed by atoms with Gasteiger partial charge in [0.15, 0.2) is 11.4 Å². The molecule has 0 spiro atoms. The Morgan fingerprint density at radius 3 is 1.90 bits per heavy atom. The van der Waals surface area contributed by atoms with Crippen LogP contribution in [0.4, 0.5) is 0 Å². The normalized spacial score (nSPS) is 22.5. The highest BCUT2D eigenvalue weighted by Crippen LogP contribution is 2.22. The van der Waals surface area contributed by atoms with Crippen LogP contribution in [0.15, 0.2) is 0 Å². The van der Waals surface area contributed by atoms with Crippen LogP contribution in [0.5, 0.6) is 0 Å². The van der Waals surface area contributed by atoms with Crippen molar-refractivity contribution in [2.45, 2.75) is 178 Å². The molecule has 0 aromatic rings. The fraction of sp³-hybridized carbons (Fsp3) is 0.886. The number of unbranched alkanes of at least 4 members (excludes halogenated alkanes) is 14. The van der Waals surface area contributed by atoms with E-state index in [1.54, 1.807) is 6.92 Å². The molecule has 0 saturated carbocycles. The minimum absolute atomic E-state index is 0.0330. The minimum Gasteiger partial charge on any atom is -0.481 e. The zero-order valence-electron chi connectivity index (χ0n) is 30.3. The van der Waals surface area contributed by atoms with E-state index in [9.17, 15) is 34.5 Å². The van der Waals surface area contributed by atoms with Crippen LogP contribution < -0.4 is 22.1 Å². The Bertz CT molecular complexity index is 964. The lowest BCUT2D eigenvalue weighted by molar-refractivity contribution is -0.262. The summed E-state index contributed by atoms with van der Waals surface area (Å²) in [6.45, 7) is 3.36. The molecule has 1 aliphatic heterocycles. The number of carboxylic acid groups (broad SMARTS) is 1. The highest BCUT2D eigenvalue weighted by atomic mass is 32.2. The maximum Gasteiger partial charge on any atom is 0.303 e. The van der Waals surface area contributed by atoms with Crippen molar-refractivity contribution in [3.63, 3.8) is 0 Å². The molecule has 0 aromatic heterocycles. The van der Waals surface area contributed by atoms with Gasteiger partial charge in [0.05, 0.1) is 24.8 Å². The molecule has 1 aliphatic rings. The SMILES string of the molecule is CCCCCCCCCCCCCCCCCC(=O)SC[C@H](NCC(C)O[C@@H]1[C@@H](N)[C@@H](O)O[C@H](CO)[C@H]1O)C(=O)N[C@H](CCC(=O)O)C(N)=O. The number of aliphatic hydroxyl groups excluding tert-OH is 3. The molecule has 2 amide bonds. The van der Waals surface area contributed by atoms with Gasteiger partial charge < -0.3 is 52.0 Å². The molecule has 292 valence electrons. The maximum absolute atomic E-state index is 13.2. The number of hydrogen-bond acceptors (Lipinski definition) is 12. The molecule has 14 nitrogen and oxygen atoms in total. The Labute approximate surface area is 302 Å². The van der Waals surface area contributed by atoms with Crippen molar-refractivity contribution in [3.05, 3.63) is 0 Å². The number of carbonyl (C=O) groups excluding carboxylic acids is 3. The fourth-order valence-electron chi connectivity index (χ4n) is 5.84. The smallest absolute Gasteiger partial charge is 0.303 e. The van der Waals surface area contributed by atoms with E-state index in [1.165, 1.54) is 70.6 Å². The monoisotopic (exact) mass is 734 g/mol. The molecule has 1 saturated heterocycles. The fourth-order valence-corrected chi connectivity index (χ4v) is 6.75. The van der Waals surface area contributed by atoms with E-state index in [1.807, 2.05) is 0 Å². The second-order valence-corrected chi connectivity index (χ2v) is 14.5. The van der Waals surface area contributed by atoms with E-state index < -0.39 is 73.2 Å². The van der Waals surface area contributed by atoms with Gasteiger partial charge in [0.1, 0.15) is 24.4 Å². The lowest BCUT2D eigenvalue weighted by Crippen LogP contribution is -2.63. The number of primary amides is 1. The number of hydrogen-bond donors (Lipinski definition) is 8. The molecule has 10 N–H and O–H groups in total. The van der Waals surface area contributed by atoms with Gasteiger partial charge >= 0.3 is 5.97 Å². The third kappa shape index (κ3) is 20.3. The molecular formula is C35H66N4O10S. The van der Waals surface area contributed by atoms with E-state index in [-0.39, 0.29) is 30.3 Å². The summed E-state index contributed by atoms with van der Waals surface area (Å²) in [7, 11) is 0. The molecule has 0 aromatic carbocycles. The lowest BCUT2D eigenvalue weighted by Gasteiger charge is -2.41. The van der Waals surface area contributed by atoms with Gasteiger partial charge in [0.2, 0.25) is 11.8 Å². The molecule has 15 heteroatoms. The number of aliphatic carboxylic acids is 1. The van der Waals surface area contributed by atoms with E-state index >= 15 is 0 Å². The van der Waals surface area contributed by atoms with Crippen molar-refractivity contribution >= 4 is 34.7 Å². The standard InChI is InChI=1S/C35H66N4O10S/c1-3-4-5-6-7-8-9-10-11-12-13-14-15-16-17-18-29(43)50-23-26(34(46)39-25(33(37)45)19-20-28(41)42)38-21-24(2)48-32-30(36)35(47)49-27(22-40)31(32)44/h24-27,30-32,35,38,40,44,47H,3-23,36H2,1-2H3,(H2,37,45)(H,39,46)(H,41,42)/t24?,25-,26+,27-,30-,31-,32-,35+/m1/s1. The largest absolute Gasteiger partial charge is 0.481 e. The van der Waals surface area contributed by atoms with Crippen LogP contribution in [-0.4, -0.2) is 111 Å². The zero-order chi connectivity index (χ0) is 37.3. The van der Waals surface area contributed by atoms with E-state index in [4.69, 9.17) is 26.0 Å². The summed E-state index contributed by atoms with van der Waals surface area (Å²) in [4.78, 5) is 48.9. The van der Waals surface area contributed by atoms with Gasteiger partial charge in [-0.15, -0.1) is 0 Å². The second-order valence-electron chi connectivity index (χ2n) is 13.5. The van der Waals surface area contributed by atoms with Crippen molar-refractivity contribution in [2.75, 3.05) is 18.9 Å². The molecule has 0 bridgehead atoms. The topological polar surface area (TPSA) is 244 Å². The first-order valence-electron chi connectivity index (χ1n) is 18.6. The maximum atomic E-state index is 13.2. The Morgan fingerprint density at radius 1 is 0.860 bits per heavy atom. The summed E-state index contributed by atoms with van der Waals surface area (Å²) in [5.41, 5.74) is 11.4. The van der Waals surface area contributed by atoms with Crippen LogP contribution in [0.2, 0.25) is 0 Å². The highest BCUT2D eigenvalue weighted by molar-refractivity contribution is 8.13. The number of nitrogens with one attached hydrogen (secondary N) is 2. The number of amides is 2. The molecule has 8 atom stereocenters. The summed E-state index contributed by atoms with van der Waals surface area (Å²) < 4.78 is 11.0. The predicted octanol–water partition coefficient (Wildman–Crippen LogP) is 2.47. The number of aliphatic hydroxyl groups is 3. The summed E-state index contributed by atoms with van der Waals surface area (Å²) in [5.74, 6) is -2.64. The number of thioether (sulfide) groups is 1. The average molecular weight is 735 g/mol. The van der Waals surface area contributed by atoms with E-state index in [0.29, 0.717) is 6.42 Å². The van der Waals surface area contributed by atoms with Crippen molar-refractivity contribution in [2.24, 2.45) is 11.5 Å². The van der Waals surface area contributed by atoms with Gasteiger partial charge in [-0.1, -0.05) is 109 Å². The van der Waals surface area contributed by atoms with Crippen molar-refractivity contribution in [3.8, 4) is 0 Å². The summed E-state index contributed by atoms with van der Waals surface area (Å²) in [5, 5.41) is 44.5. The number of rotatable bonds is 30. The van der Waals surface area contributed by atoms with Crippen LogP contribution in [0, 0.1) is 0 Å². The molecular weight excluding hydrogens is 668 g/mol. The van der Waals surface area contributed by atoms with Crippen LogP contribution >= 0.6 is 11.8 Å². The van der Waals surface area contributed by atoms with Crippen molar-refractivity contribution in [1.82, 2.24) is 10.6 Å². The first-order valence-corrected chi connectivity index (χ1v) is 19.6. The third-order valence-corrected chi connectivity index (χ3v) is 10.0. The predicted molar refractivity (Wildman–Crippen MR) is 193 cm³/mol. The first-order chi connectivity index (χ1) is 23.9. The molecule has 50 heavy (non-hydrogen) atoms. The van der Waals surface area contributed by atoms with Crippen LogP contribution in [-0.2, 0) is 28.7 Å². The zero-order valence-corrected chi connectivity index (χ0v) is 31.1. The van der Waals surface area contributed by atoms with Gasteiger partial charge in [0.25, 0.3) is 0 Å². The summed E-state index contributed by atoms with van der Waals surface area (Å²) in [6, 6.07) is -3.30. The third-order valence-electron chi connectivity index (χ3n) is 8.98. The summed E-state index contributed by atoms with van der Waals surface area (Å²) >= 11 is 0.994. The Morgan fingerprint density at radius 2 is 1.40 bits per heavy atom. The van der Waals surface area contributed by atoms with Crippen LogP contribution in [0.1, 0.15) is 129 Å². The number of carbonyl (C=O) groups is 4. The van der Waals surface area contributed by atoms with Gasteiger partial charge in [-0.25, -0.2) is 0 Å². The van der Waals surface area contributed by atoms with Crippen molar-refractivity contribution in [1.29, 1.82) is 0 Å². The molecule has 1 heterocycles. The first kappa shape index (κ1) is 46.2. The van der Waals surface area contributed by atoms with Gasteiger partial charge in [0, 0.05) is 25.1 Å². The van der Waals surface area contributed by atoms with E-state index in [0.717, 1.165) is 37.4 Å². The quantitative estimate of drug-likeness (QED) is 0.0495. The summed E-state index contributed by atoms with van der Waals surface area (Å²) in [6.07, 6.45) is 12.6. The van der Waals surface area contributed by atoms with Crippen molar-refractivity contribution < 1.29 is 49.1 Å². The molecule has 1 rings (SSSR count). The average Bonchev–Trinajstić information content (AvgIpc) is 3.07. The number of nitrogens with two attached hydrogens (primary N) is 2. The molecule has 1 unspecified atom stereocenters. The highest BCUT2D eigenvalue weighted by Gasteiger charge is 2.44. The van der Waals surface area contributed by atoms with Gasteiger partial charge in [-0.05, 0) is 19.8 Å². The van der Waals surface area contributed by atoms with E-state index in [2.05, 4.69) is 17.6 Å². The minimum atomic E-state index is -1.47. The number of ether oxygens (including phenoxy) is 2. The molecule has 0 aliphatic carbocycles. The molecule has 1 fully saturated rings. The van der Waals surface area contributed by atoms with Crippen LogP contribution in [0.3, 0.4) is 0 Å². The van der Waals surface area contributed by atoms with Crippen LogP contribution in [0.25, 0.3) is 0 Å². The second kappa shape index (κ2) is 27.8.